The largest absolute Gasteiger partial charge is 0.390 e. The van der Waals surface area contributed by atoms with E-state index in [2.05, 4.69) is 13.0 Å². The Morgan fingerprint density at radius 2 is 1.86 bits per heavy atom. The molecule has 0 radical (unpaired) electrons. The Labute approximate surface area is 133 Å². The van der Waals surface area contributed by atoms with Crippen LogP contribution in [0.2, 0.25) is 0 Å². The summed E-state index contributed by atoms with van der Waals surface area (Å²) in [5.41, 5.74) is 10.1. The number of hydrogen-bond acceptors (Lipinski definition) is 3. The fraction of sp³-hybridized carbons (Fsp3) is 0.211. The zero-order chi connectivity index (χ0) is 15.3. The molecule has 2 N–H and O–H groups in total. The molecule has 0 saturated carbocycles. The first-order valence-electron chi connectivity index (χ1n) is 7.60. The van der Waals surface area contributed by atoms with Crippen molar-refractivity contribution in [2.45, 2.75) is 26.2 Å². The molecule has 0 saturated heterocycles. The van der Waals surface area contributed by atoms with E-state index < -0.39 is 0 Å². The number of benzene rings is 2. The molecule has 110 valence electrons. The van der Waals surface area contributed by atoms with E-state index in [9.17, 15) is 4.79 Å². The number of carbonyl (C=O) groups excluding carboxylic acids is 1. The van der Waals surface area contributed by atoms with Crippen LogP contribution in [0.5, 0.6) is 0 Å². The first-order chi connectivity index (χ1) is 10.7. The molecule has 0 atom stereocenters. The lowest BCUT2D eigenvalue weighted by atomic mass is 9.93. The average molecular weight is 307 g/mol. The van der Waals surface area contributed by atoms with E-state index in [0.29, 0.717) is 5.00 Å². The van der Waals surface area contributed by atoms with Crippen LogP contribution in [-0.4, -0.2) is 5.78 Å². The Bertz CT molecular complexity index is 907. The van der Waals surface area contributed by atoms with Crippen molar-refractivity contribution in [3.05, 3.63) is 63.5 Å². The second-order valence-electron chi connectivity index (χ2n) is 5.90. The number of ketones is 1. The van der Waals surface area contributed by atoms with E-state index in [1.165, 1.54) is 16.0 Å². The van der Waals surface area contributed by atoms with Gasteiger partial charge in [-0.3, -0.25) is 4.79 Å². The highest BCUT2D eigenvalue weighted by Gasteiger charge is 2.26. The van der Waals surface area contributed by atoms with Gasteiger partial charge < -0.3 is 5.73 Å². The van der Waals surface area contributed by atoms with E-state index in [1.54, 1.807) is 11.3 Å². The summed E-state index contributed by atoms with van der Waals surface area (Å²) < 4.78 is 0. The first kappa shape index (κ1) is 13.5. The molecule has 1 aliphatic carbocycles. The fourth-order valence-corrected chi connectivity index (χ4v) is 4.61. The van der Waals surface area contributed by atoms with Gasteiger partial charge in [0.15, 0.2) is 5.78 Å². The minimum absolute atomic E-state index is 0.0769. The third-order valence-corrected chi connectivity index (χ3v) is 5.68. The molecule has 22 heavy (non-hydrogen) atoms. The number of thiophene rings is 1. The van der Waals surface area contributed by atoms with E-state index >= 15 is 0 Å². The molecule has 1 aliphatic rings. The summed E-state index contributed by atoms with van der Waals surface area (Å²) in [5, 5.41) is 2.84. The zero-order valence-corrected chi connectivity index (χ0v) is 13.3. The Morgan fingerprint density at radius 1 is 1.09 bits per heavy atom. The molecule has 0 bridgehead atoms. The van der Waals surface area contributed by atoms with Crippen LogP contribution in [0, 0.1) is 6.92 Å². The van der Waals surface area contributed by atoms with E-state index in [0.717, 1.165) is 41.2 Å². The van der Waals surface area contributed by atoms with Gasteiger partial charge in [-0.15, -0.1) is 11.3 Å². The summed E-state index contributed by atoms with van der Waals surface area (Å²) in [7, 11) is 0. The summed E-state index contributed by atoms with van der Waals surface area (Å²) >= 11 is 1.59. The van der Waals surface area contributed by atoms with Gasteiger partial charge in [0, 0.05) is 10.4 Å². The molecular formula is C19H17NOS. The van der Waals surface area contributed by atoms with E-state index in [1.807, 2.05) is 30.3 Å². The monoisotopic (exact) mass is 307 g/mol. The Kier molecular flexibility index (Phi) is 3.05. The molecule has 0 amide bonds. The van der Waals surface area contributed by atoms with Crippen molar-refractivity contribution in [3.8, 4) is 0 Å². The van der Waals surface area contributed by atoms with Gasteiger partial charge >= 0.3 is 0 Å². The SMILES string of the molecule is Cc1ccc(C(=O)c2c(N)sc3c2CCC3)c2ccccc12. The fourth-order valence-electron chi connectivity index (χ4n) is 3.46. The molecule has 3 aromatic rings. The topological polar surface area (TPSA) is 43.1 Å². The highest BCUT2D eigenvalue weighted by atomic mass is 32.1. The van der Waals surface area contributed by atoms with Crippen LogP contribution in [0.15, 0.2) is 36.4 Å². The standard InChI is InChI=1S/C19H17NOS/c1-11-9-10-14(13-6-3-2-5-12(11)13)18(21)17-15-7-4-8-16(15)22-19(17)20/h2-3,5-6,9-10H,4,7-8,20H2,1H3. The van der Waals surface area contributed by atoms with E-state index in [4.69, 9.17) is 5.73 Å². The van der Waals surface area contributed by atoms with Gasteiger partial charge in [0.1, 0.15) is 0 Å². The number of hydrogen-bond donors (Lipinski definition) is 1. The van der Waals surface area contributed by atoms with Crippen molar-refractivity contribution >= 4 is 32.9 Å². The van der Waals surface area contributed by atoms with Crippen molar-refractivity contribution in [2.75, 3.05) is 5.73 Å². The summed E-state index contributed by atoms with van der Waals surface area (Å²) in [6.07, 6.45) is 3.18. The Hall–Kier alpha value is -2.13. The summed E-state index contributed by atoms with van der Waals surface area (Å²) in [6.45, 7) is 2.08. The molecule has 1 heterocycles. The molecule has 4 rings (SSSR count). The lowest BCUT2D eigenvalue weighted by molar-refractivity contribution is 0.104. The maximum atomic E-state index is 13.1. The number of aryl methyl sites for hydroxylation is 2. The molecule has 1 aromatic heterocycles. The Morgan fingerprint density at radius 3 is 2.68 bits per heavy atom. The predicted octanol–water partition coefficient (Wildman–Crippen LogP) is 4.51. The highest BCUT2D eigenvalue weighted by molar-refractivity contribution is 7.16. The van der Waals surface area contributed by atoms with Crippen LogP contribution in [-0.2, 0) is 12.8 Å². The van der Waals surface area contributed by atoms with Crippen LogP contribution < -0.4 is 5.73 Å². The van der Waals surface area contributed by atoms with Crippen molar-refractivity contribution in [3.63, 3.8) is 0 Å². The third kappa shape index (κ3) is 1.89. The van der Waals surface area contributed by atoms with Crippen molar-refractivity contribution in [1.29, 1.82) is 0 Å². The molecule has 3 heteroatoms. The number of nitrogen functional groups attached to an aromatic ring is 1. The minimum atomic E-state index is 0.0769. The second-order valence-corrected chi connectivity index (χ2v) is 7.04. The van der Waals surface area contributed by atoms with Crippen LogP contribution in [0.3, 0.4) is 0 Å². The number of carbonyl (C=O) groups is 1. The van der Waals surface area contributed by atoms with Gasteiger partial charge in [0.2, 0.25) is 0 Å². The average Bonchev–Trinajstić information content (AvgIpc) is 3.07. The van der Waals surface area contributed by atoms with Gasteiger partial charge in [0.25, 0.3) is 0 Å². The highest BCUT2D eigenvalue weighted by Crippen LogP contribution is 2.39. The third-order valence-electron chi connectivity index (χ3n) is 4.56. The molecule has 0 fully saturated rings. The van der Waals surface area contributed by atoms with Crippen LogP contribution in [0.1, 0.15) is 38.3 Å². The number of nitrogens with two attached hydrogens (primary N) is 1. The van der Waals surface area contributed by atoms with E-state index in [-0.39, 0.29) is 5.78 Å². The first-order valence-corrected chi connectivity index (χ1v) is 8.41. The molecule has 2 nitrogen and oxygen atoms in total. The number of anilines is 1. The zero-order valence-electron chi connectivity index (χ0n) is 12.5. The minimum Gasteiger partial charge on any atom is -0.390 e. The quantitative estimate of drug-likeness (QED) is 0.708. The molecule has 0 unspecified atom stereocenters. The molecular weight excluding hydrogens is 290 g/mol. The van der Waals surface area contributed by atoms with Crippen LogP contribution >= 0.6 is 11.3 Å². The summed E-state index contributed by atoms with van der Waals surface area (Å²) in [6, 6.07) is 12.1. The maximum absolute atomic E-state index is 13.1. The van der Waals surface area contributed by atoms with Crippen LogP contribution in [0.25, 0.3) is 10.8 Å². The lowest BCUT2D eigenvalue weighted by Gasteiger charge is -2.09. The lowest BCUT2D eigenvalue weighted by Crippen LogP contribution is -2.06. The van der Waals surface area contributed by atoms with Crippen molar-refractivity contribution in [2.24, 2.45) is 0 Å². The maximum Gasteiger partial charge on any atom is 0.196 e. The van der Waals surface area contributed by atoms with Crippen molar-refractivity contribution < 1.29 is 4.79 Å². The normalized spacial score (nSPS) is 13.5. The van der Waals surface area contributed by atoms with Gasteiger partial charge in [0.05, 0.1) is 10.6 Å². The number of rotatable bonds is 2. The summed E-state index contributed by atoms with van der Waals surface area (Å²) in [4.78, 5) is 14.4. The Balaban J connectivity index is 1.93. The van der Waals surface area contributed by atoms with Crippen LogP contribution in [0.4, 0.5) is 5.00 Å². The van der Waals surface area contributed by atoms with Gasteiger partial charge in [-0.1, -0.05) is 36.4 Å². The molecule has 0 spiro atoms. The van der Waals surface area contributed by atoms with Crippen molar-refractivity contribution in [1.82, 2.24) is 0 Å². The molecule has 2 aromatic carbocycles. The van der Waals surface area contributed by atoms with Gasteiger partial charge in [-0.25, -0.2) is 0 Å². The predicted molar refractivity (Wildman–Crippen MR) is 92.9 cm³/mol. The number of fused-ring (bicyclic) bond motifs is 2. The smallest absolute Gasteiger partial charge is 0.196 e. The summed E-state index contributed by atoms with van der Waals surface area (Å²) in [5.74, 6) is 0.0769. The molecule has 0 aliphatic heterocycles. The second kappa shape index (κ2) is 4.96. The van der Waals surface area contributed by atoms with Gasteiger partial charge in [-0.2, -0.15) is 0 Å². The van der Waals surface area contributed by atoms with Gasteiger partial charge in [-0.05, 0) is 48.1 Å².